The average molecular weight is 319 g/mol. The van der Waals surface area contributed by atoms with Crippen molar-refractivity contribution in [3.05, 3.63) is 51.9 Å². The lowest BCUT2D eigenvalue weighted by molar-refractivity contribution is -0.131. The molecule has 0 bridgehead atoms. The van der Waals surface area contributed by atoms with E-state index in [1.54, 1.807) is 0 Å². The van der Waals surface area contributed by atoms with Gasteiger partial charge in [0.05, 0.1) is 18.2 Å². The molecule has 1 unspecified atom stereocenters. The second-order valence-corrected chi connectivity index (χ2v) is 6.15. The Balaban J connectivity index is 1.81. The molecule has 5 heteroatoms. The maximum Gasteiger partial charge on any atom is 0.227 e. The molecule has 0 N–H and O–H groups in total. The normalized spacial score (nSPS) is 18.0. The van der Waals surface area contributed by atoms with Gasteiger partial charge in [0.2, 0.25) is 5.91 Å². The standard InChI is InChI=1S/C17H19ClN2O2/c1-11-14(12(2)22-19-11)10-17(21)20-9-5-8-16(20)13-6-3-4-7-15(13)18/h3-4,6-7,16H,5,8-10H2,1-2H3. The maximum atomic E-state index is 12.7. The first-order chi connectivity index (χ1) is 10.6. The summed E-state index contributed by atoms with van der Waals surface area (Å²) in [6, 6.07) is 7.84. The van der Waals surface area contributed by atoms with Crippen molar-refractivity contribution in [3.8, 4) is 0 Å². The minimum atomic E-state index is 0.0710. The summed E-state index contributed by atoms with van der Waals surface area (Å²) < 4.78 is 5.15. The van der Waals surface area contributed by atoms with E-state index in [1.165, 1.54) is 0 Å². The Bertz CT molecular complexity index is 676. The second-order valence-electron chi connectivity index (χ2n) is 5.75. The Kier molecular flexibility index (Phi) is 4.21. The van der Waals surface area contributed by atoms with E-state index in [4.69, 9.17) is 16.1 Å². The number of halogens is 1. The zero-order valence-corrected chi connectivity index (χ0v) is 13.6. The molecular formula is C17H19ClN2O2. The third-order valence-corrected chi connectivity index (χ3v) is 4.69. The molecule has 4 nitrogen and oxygen atoms in total. The fourth-order valence-electron chi connectivity index (χ4n) is 3.14. The quantitative estimate of drug-likeness (QED) is 0.863. The molecule has 0 spiro atoms. The largest absolute Gasteiger partial charge is 0.361 e. The topological polar surface area (TPSA) is 46.3 Å². The molecule has 1 fully saturated rings. The second kappa shape index (κ2) is 6.13. The lowest BCUT2D eigenvalue weighted by Crippen LogP contribution is -2.32. The Hall–Kier alpha value is -1.81. The zero-order chi connectivity index (χ0) is 15.7. The van der Waals surface area contributed by atoms with Gasteiger partial charge in [-0.2, -0.15) is 0 Å². The average Bonchev–Trinajstić information content (AvgIpc) is 3.10. The summed E-state index contributed by atoms with van der Waals surface area (Å²) in [6.07, 6.45) is 2.29. The van der Waals surface area contributed by atoms with Crippen LogP contribution < -0.4 is 0 Å². The molecule has 116 valence electrons. The predicted octanol–water partition coefficient (Wildman–Crippen LogP) is 3.85. The molecule has 0 aliphatic carbocycles. The fourth-order valence-corrected chi connectivity index (χ4v) is 3.40. The number of aromatic nitrogens is 1. The van der Waals surface area contributed by atoms with E-state index in [0.29, 0.717) is 6.42 Å². The SMILES string of the molecule is Cc1noc(C)c1CC(=O)N1CCCC1c1ccccc1Cl. The van der Waals surface area contributed by atoms with E-state index in [1.807, 2.05) is 43.0 Å². The van der Waals surface area contributed by atoms with Gasteiger partial charge in [0.25, 0.3) is 0 Å². The van der Waals surface area contributed by atoms with Crippen molar-refractivity contribution in [1.82, 2.24) is 10.1 Å². The summed E-state index contributed by atoms with van der Waals surface area (Å²) in [6.45, 7) is 4.49. The van der Waals surface area contributed by atoms with Crippen molar-refractivity contribution < 1.29 is 9.32 Å². The summed E-state index contributed by atoms with van der Waals surface area (Å²) in [5.41, 5.74) is 2.72. The van der Waals surface area contributed by atoms with E-state index in [2.05, 4.69) is 5.16 Å². The molecule has 3 rings (SSSR count). The number of amides is 1. The van der Waals surface area contributed by atoms with Crippen LogP contribution in [0, 0.1) is 13.8 Å². The first-order valence-corrected chi connectivity index (χ1v) is 7.91. The van der Waals surface area contributed by atoms with E-state index < -0.39 is 0 Å². The minimum Gasteiger partial charge on any atom is -0.361 e. The monoisotopic (exact) mass is 318 g/mol. The number of hydrogen-bond donors (Lipinski definition) is 0. The summed E-state index contributed by atoms with van der Waals surface area (Å²) >= 11 is 6.30. The lowest BCUT2D eigenvalue weighted by Gasteiger charge is -2.26. The molecular weight excluding hydrogens is 300 g/mol. The molecule has 1 saturated heterocycles. The molecule has 1 aromatic heterocycles. The summed E-state index contributed by atoms with van der Waals surface area (Å²) in [4.78, 5) is 14.7. The summed E-state index contributed by atoms with van der Waals surface area (Å²) in [7, 11) is 0. The van der Waals surface area contributed by atoms with E-state index in [9.17, 15) is 4.79 Å². The highest BCUT2D eigenvalue weighted by Crippen LogP contribution is 2.36. The van der Waals surface area contributed by atoms with Gasteiger partial charge >= 0.3 is 0 Å². The van der Waals surface area contributed by atoms with Crippen molar-refractivity contribution in [2.45, 2.75) is 39.2 Å². The van der Waals surface area contributed by atoms with Gasteiger partial charge in [-0.1, -0.05) is 35.0 Å². The van der Waals surface area contributed by atoms with Gasteiger partial charge < -0.3 is 9.42 Å². The Morgan fingerprint density at radius 3 is 2.86 bits per heavy atom. The number of rotatable bonds is 3. The third kappa shape index (κ3) is 2.75. The van der Waals surface area contributed by atoms with Gasteiger partial charge in [-0.25, -0.2) is 0 Å². The van der Waals surface area contributed by atoms with Crippen LogP contribution in [0.3, 0.4) is 0 Å². The molecule has 1 aliphatic heterocycles. The van der Waals surface area contributed by atoms with Crippen LogP contribution in [0.5, 0.6) is 0 Å². The molecule has 0 saturated carbocycles. The van der Waals surface area contributed by atoms with Crippen molar-refractivity contribution in [2.24, 2.45) is 0 Å². The van der Waals surface area contributed by atoms with E-state index in [-0.39, 0.29) is 11.9 Å². The summed E-state index contributed by atoms with van der Waals surface area (Å²) in [5, 5.41) is 4.65. The number of carbonyl (C=O) groups is 1. The highest BCUT2D eigenvalue weighted by atomic mass is 35.5. The van der Waals surface area contributed by atoms with E-state index in [0.717, 1.165) is 47.0 Å². The lowest BCUT2D eigenvalue weighted by atomic mass is 10.0. The number of likely N-dealkylation sites (tertiary alicyclic amines) is 1. The van der Waals surface area contributed by atoms with Gasteiger partial charge in [0, 0.05) is 17.1 Å². The molecule has 1 amide bonds. The van der Waals surface area contributed by atoms with Crippen molar-refractivity contribution in [1.29, 1.82) is 0 Å². The highest BCUT2D eigenvalue weighted by molar-refractivity contribution is 6.31. The number of hydrogen-bond acceptors (Lipinski definition) is 3. The van der Waals surface area contributed by atoms with Crippen molar-refractivity contribution in [3.63, 3.8) is 0 Å². The van der Waals surface area contributed by atoms with Crippen LogP contribution in [0.2, 0.25) is 5.02 Å². The van der Waals surface area contributed by atoms with Crippen LogP contribution in [0.15, 0.2) is 28.8 Å². The molecule has 2 aromatic rings. The zero-order valence-electron chi connectivity index (χ0n) is 12.8. The molecule has 1 aliphatic rings. The number of nitrogens with zero attached hydrogens (tertiary/aromatic N) is 2. The Morgan fingerprint density at radius 1 is 1.41 bits per heavy atom. The van der Waals surface area contributed by atoms with Crippen molar-refractivity contribution in [2.75, 3.05) is 6.54 Å². The molecule has 1 atom stereocenters. The predicted molar refractivity (Wildman–Crippen MR) is 84.8 cm³/mol. The summed E-state index contributed by atoms with van der Waals surface area (Å²) in [5.74, 6) is 0.830. The van der Waals surface area contributed by atoms with Crippen LogP contribution >= 0.6 is 11.6 Å². The molecule has 22 heavy (non-hydrogen) atoms. The van der Waals surface area contributed by atoms with Gasteiger partial charge in [0.15, 0.2) is 0 Å². The number of aryl methyl sites for hydroxylation is 2. The highest BCUT2D eigenvalue weighted by Gasteiger charge is 2.31. The fraction of sp³-hybridized carbons (Fsp3) is 0.412. The van der Waals surface area contributed by atoms with Crippen LogP contribution in [0.4, 0.5) is 0 Å². The molecule has 0 radical (unpaired) electrons. The first-order valence-electron chi connectivity index (χ1n) is 7.53. The number of carbonyl (C=O) groups excluding carboxylic acids is 1. The minimum absolute atomic E-state index is 0.0710. The van der Waals surface area contributed by atoms with Crippen molar-refractivity contribution >= 4 is 17.5 Å². The van der Waals surface area contributed by atoms with Gasteiger partial charge in [-0.3, -0.25) is 4.79 Å². The van der Waals surface area contributed by atoms with Gasteiger partial charge in [-0.05, 0) is 38.3 Å². The van der Waals surface area contributed by atoms with E-state index >= 15 is 0 Å². The maximum absolute atomic E-state index is 12.7. The van der Waals surface area contributed by atoms with Crippen LogP contribution in [0.1, 0.15) is 41.5 Å². The Labute approximate surface area is 135 Å². The third-order valence-electron chi connectivity index (χ3n) is 4.35. The molecule has 1 aromatic carbocycles. The van der Waals surface area contributed by atoms with Gasteiger partial charge in [0.1, 0.15) is 5.76 Å². The number of benzene rings is 1. The molecule has 2 heterocycles. The van der Waals surface area contributed by atoms with Crippen LogP contribution in [-0.2, 0) is 11.2 Å². The van der Waals surface area contributed by atoms with Gasteiger partial charge in [-0.15, -0.1) is 0 Å². The smallest absolute Gasteiger partial charge is 0.227 e. The first kappa shape index (κ1) is 15.1. The van der Waals surface area contributed by atoms with Crippen LogP contribution in [-0.4, -0.2) is 22.5 Å². The van der Waals surface area contributed by atoms with Crippen LogP contribution in [0.25, 0.3) is 0 Å². The Morgan fingerprint density at radius 2 is 2.18 bits per heavy atom.